The van der Waals surface area contributed by atoms with Gasteiger partial charge in [0.1, 0.15) is 5.75 Å². The van der Waals surface area contributed by atoms with Gasteiger partial charge < -0.3 is 10.2 Å². The van der Waals surface area contributed by atoms with Gasteiger partial charge in [-0.25, -0.2) is 8.78 Å². The van der Waals surface area contributed by atoms with Crippen LogP contribution in [0.5, 0.6) is 5.75 Å². The molecule has 0 aromatic heterocycles. The average Bonchev–Trinajstić information content (AvgIpc) is 2.19. The lowest BCUT2D eigenvalue weighted by molar-refractivity contribution is -0.141. The minimum atomic E-state index is -3.01. The van der Waals surface area contributed by atoms with Gasteiger partial charge in [-0.2, -0.15) is 0 Å². The van der Waals surface area contributed by atoms with E-state index in [1.54, 1.807) is 0 Å². The molecule has 5 heteroatoms. The first kappa shape index (κ1) is 13.4. The number of carboxylic acid groups (broad SMARTS) is 1. The van der Waals surface area contributed by atoms with Gasteiger partial charge in [0.2, 0.25) is 0 Å². The minimum Gasteiger partial charge on any atom is -0.508 e. The number of benzene rings is 1. The second kappa shape index (κ2) is 4.69. The molecule has 3 nitrogen and oxygen atoms in total. The average molecular weight is 244 g/mol. The third-order valence-electron chi connectivity index (χ3n) is 2.53. The molecule has 1 aromatic carbocycles. The monoisotopic (exact) mass is 244 g/mol. The Morgan fingerprint density at radius 1 is 1.47 bits per heavy atom. The predicted octanol–water partition coefficient (Wildman–Crippen LogP) is 2.77. The molecule has 0 radical (unpaired) electrons. The topological polar surface area (TPSA) is 57.5 Å². The molecular weight excluding hydrogens is 230 g/mol. The van der Waals surface area contributed by atoms with Gasteiger partial charge in [-0.1, -0.05) is 6.92 Å². The van der Waals surface area contributed by atoms with E-state index in [2.05, 4.69) is 0 Å². The number of phenols is 1. The zero-order valence-electron chi connectivity index (χ0n) is 9.58. The lowest BCUT2D eigenvalue weighted by Gasteiger charge is -2.14. The van der Waals surface area contributed by atoms with Gasteiger partial charge in [0.15, 0.2) is 0 Å². The van der Waals surface area contributed by atoms with Crippen LogP contribution in [0.4, 0.5) is 8.78 Å². The van der Waals surface area contributed by atoms with Gasteiger partial charge >= 0.3 is 5.97 Å². The first-order valence-electron chi connectivity index (χ1n) is 5.15. The molecule has 2 N–H and O–H groups in total. The smallest absolute Gasteiger partial charge is 0.306 e. The Balaban J connectivity index is 3.03. The molecule has 0 bridgehead atoms. The highest BCUT2D eigenvalue weighted by Gasteiger charge is 2.25. The van der Waals surface area contributed by atoms with E-state index in [1.807, 2.05) is 0 Å². The van der Waals surface area contributed by atoms with Crippen LogP contribution in [0.3, 0.4) is 0 Å². The van der Waals surface area contributed by atoms with Crippen molar-refractivity contribution in [1.82, 2.24) is 0 Å². The fourth-order valence-corrected chi connectivity index (χ4v) is 1.44. The SMILES string of the molecule is CC(Cc1cc(C(C)(F)F)ccc1O)C(=O)O. The van der Waals surface area contributed by atoms with E-state index in [-0.39, 0.29) is 23.3 Å². The Labute approximate surface area is 97.7 Å². The van der Waals surface area contributed by atoms with Crippen LogP contribution in [-0.2, 0) is 17.1 Å². The third kappa shape index (κ3) is 3.41. The van der Waals surface area contributed by atoms with Crippen LogP contribution in [0.25, 0.3) is 0 Å². The lowest BCUT2D eigenvalue weighted by Crippen LogP contribution is -2.13. The molecule has 94 valence electrons. The van der Waals surface area contributed by atoms with Gasteiger partial charge in [0, 0.05) is 12.5 Å². The summed E-state index contributed by atoms with van der Waals surface area (Å²) in [5.74, 6) is -4.93. The summed E-state index contributed by atoms with van der Waals surface area (Å²) in [7, 11) is 0. The summed E-state index contributed by atoms with van der Waals surface area (Å²) in [5, 5.41) is 18.2. The highest BCUT2D eigenvalue weighted by Crippen LogP contribution is 2.31. The van der Waals surface area contributed by atoms with Crippen molar-refractivity contribution < 1.29 is 23.8 Å². The second-order valence-electron chi connectivity index (χ2n) is 4.18. The summed E-state index contributed by atoms with van der Waals surface area (Å²) >= 11 is 0. The molecule has 0 fully saturated rings. The van der Waals surface area contributed by atoms with E-state index in [1.165, 1.54) is 6.92 Å². The van der Waals surface area contributed by atoms with Crippen molar-refractivity contribution in [3.05, 3.63) is 29.3 Å². The van der Waals surface area contributed by atoms with Crippen molar-refractivity contribution in [2.45, 2.75) is 26.2 Å². The fourth-order valence-electron chi connectivity index (χ4n) is 1.44. The first-order chi connectivity index (χ1) is 7.71. The molecule has 1 rings (SSSR count). The summed E-state index contributed by atoms with van der Waals surface area (Å²) < 4.78 is 26.1. The van der Waals surface area contributed by atoms with Crippen molar-refractivity contribution in [2.24, 2.45) is 5.92 Å². The van der Waals surface area contributed by atoms with Crippen LogP contribution in [0.2, 0.25) is 0 Å². The van der Waals surface area contributed by atoms with Crippen LogP contribution < -0.4 is 0 Å². The van der Waals surface area contributed by atoms with Gasteiger partial charge in [-0.05, 0) is 30.2 Å². The number of phenolic OH excluding ortho intramolecular Hbond substituents is 1. The minimum absolute atomic E-state index is 0.0189. The molecular formula is C12H14F2O3. The maximum atomic E-state index is 13.1. The van der Waals surface area contributed by atoms with Crippen LogP contribution in [0.15, 0.2) is 18.2 Å². The van der Waals surface area contributed by atoms with E-state index in [9.17, 15) is 18.7 Å². The zero-order chi connectivity index (χ0) is 13.2. The Hall–Kier alpha value is -1.65. The standard InChI is InChI=1S/C12H14F2O3/c1-7(11(16)17)5-8-6-9(12(2,13)14)3-4-10(8)15/h3-4,6-7,15H,5H2,1-2H3,(H,16,17). The van der Waals surface area contributed by atoms with E-state index >= 15 is 0 Å². The molecule has 0 saturated carbocycles. The van der Waals surface area contributed by atoms with Crippen LogP contribution >= 0.6 is 0 Å². The van der Waals surface area contributed by atoms with E-state index in [0.29, 0.717) is 0 Å². The van der Waals surface area contributed by atoms with Gasteiger partial charge in [-0.3, -0.25) is 4.79 Å². The Bertz CT molecular complexity index is 424. The largest absolute Gasteiger partial charge is 0.508 e. The number of aliphatic carboxylic acids is 1. The highest BCUT2D eigenvalue weighted by molar-refractivity contribution is 5.70. The summed E-state index contributed by atoms with van der Waals surface area (Å²) in [6.07, 6.45) is 0.0189. The molecule has 1 unspecified atom stereocenters. The van der Waals surface area contributed by atoms with Crippen molar-refractivity contribution in [3.8, 4) is 5.75 Å². The predicted molar refractivity (Wildman–Crippen MR) is 58.2 cm³/mol. The second-order valence-corrected chi connectivity index (χ2v) is 4.18. The van der Waals surface area contributed by atoms with Crippen LogP contribution in [0, 0.1) is 5.92 Å². The molecule has 0 saturated heterocycles. The molecule has 1 aromatic rings. The molecule has 0 aliphatic heterocycles. The zero-order valence-corrected chi connectivity index (χ0v) is 9.58. The molecule has 0 heterocycles. The quantitative estimate of drug-likeness (QED) is 0.856. The van der Waals surface area contributed by atoms with Gasteiger partial charge in [-0.15, -0.1) is 0 Å². The molecule has 0 aliphatic rings. The summed E-state index contributed by atoms with van der Waals surface area (Å²) in [6.45, 7) is 2.21. The number of aromatic hydroxyl groups is 1. The Morgan fingerprint density at radius 2 is 2.06 bits per heavy atom. The number of alkyl halides is 2. The maximum absolute atomic E-state index is 13.1. The fraction of sp³-hybridized carbons (Fsp3) is 0.417. The number of hydrogen-bond donors (Lipinski definition) is 2. The maximum Gasteiger partial charge on any atom is 0.306 e. The van der Waals surface area contributed by atoms with Crippen molar-refractivity contribution in [3.63, 3.8) is 0 Å². The number of carbonyl (C=O) groups is 1. The number of hydrogen-bond acceptors (Lipinski definition) is 2. The normalized spacial score (nSPS) is 13.4. The van der Waals surface area contributed by atoms with Crippen molar-refractivity contribution >= 4 is 5.97 Å². The van der Waals surface area contributed by atoms with E-state index in [4.69, 9.17) is 5.11 Å². The van der Waals surface area contributed by atoms with Crippen molar-refractivity contribution in [1.29, 1.82) is 0 Å². The first-order valence-corrected chi connectivity index (χ1v) is 5.15. The molecule has 0 amide bonds. The summed E-state index contributed by atoms with van der Waals surface area (Å²) in [4.78, 5) is 10.7. The molecule has 17 heavy (non-hydrogen) atoms. The summed E-state index contributed by atoms with van der Waals surface area (Å²) in [5.41, 5.74) is -0.0122. The Kier molecular flexibility index (Phi) is 3.70. The number of carboxylic acids is 1. The van der Waals surface area contributed by atoms with Crippen molar-refractivity contribution in [2.75, 3.05) is 0 Å². The molecule has 0 aliphatic carbocycles. The van der Waals surface area contributed by atoms with Crippen LogP contribution in [-0.4, -0.2) is 16.2 Å². The number of rotatable bonds is 4. The van der Waals surface area contributed by atoms with E-state index in [0.717, 1.165) is 25.1 Å². The molecule has 0 spiro atoms. The van der Waals surface area contributed by atoms with Gasteiger partial charge in [0.25, 0.3) is 5.92 Å². The summed E-state index contributed by atoms with van der Waals surface area (Å²) in [6, 6.07) is 3.44. The lowest BCUT2D eigenvalue weighted by atomic mass is 9.97. The van der Waals surface area contributed by atoms with E-state index < -0.39 is 17.8 Å². The highest BCUT2D eigenvalue weighted by atomic mass is 19.3. The van der Waals surface area contributed by atoms with Gasteiger partial charge in [0.05, 0.1) is 5.92 Å². The number of halogens is 2. The van der Waals surface area contributed by atoms with Crippen LogP contribution in [0.1, 0.15) is 25.0 Å². The molecule has 1 atom stereocenters. The third-order valence-corrected chi connectivity index (χ3v) is 2.53. The Morgan fingerprint density at radius 3 is 2.53 bits per heavy atom.